The van der Waals surface area contributed by atoms with Crippen LogP contribution in [0.1, 0.15) is 39.2 Å². The summed E-state index contributed by atoms with van der Waals surface area (Å²) < 4.78 is 0. The summed E-state index contributed by atoms with van der Waals surface area (Å²) in [5, 5.41) is 22.2. The van der Waals surface area contributed by atoms with E-state index in [1.165, 1.54) is 12.1 Å². The second-order valence-corrected chi connectivity index (χ2v) is 6.74. The largest absolute Gasteiger partial charge is 0.508 e. The second kappa shape index (κ2) is 8.52. The highest BCUT2D eigenvalue weighted by Crippen LogP contribution is 2.26. The number of carbonyl (C=O) groups excluding carboxylic acids is 2. The molecule has 26 heavy (non-hydrogen) atoms. The van der Waals surface area contributed by atoms with Crippen LogP contribution in [0.25, 0.3) is 6.08 Å². The van der Waals surface area contributed by atoms with Gasteiger partial charge in [0.1, 0.15) is 11.3 Å². The number of ketones is 1. The van der Waals surface area contributed by atoms with Gasteiger partial charge in [0.2, 0.25) is 0 Å². The van der Waals surface area contributed by atoms with E-state index in [1.54, 1.807) is 25.1 Å². The number of Topliss-reactive ketones (excluding diaryl/α,β-unsaturated/α-hetero) is 1. The van der Waals surface area contributed by atoms with E-state index in [0.717, 1.165) is 6.42 Å². The molecule has 1 aromatic carbocycles. The number of benzene rings is 1. The molecular weight excluding hydrogens is 330 g/mol. The zero-order valence-electron chi connectivity index (χ0n) is 15.3. The number of amides is 1. The first-order chi connectivity index (χ1) is 12.3. The highest BCUT2D eigenvalue weighted by molar-refractivity contribution is 6.23. The molecule has 3 N–H and O–H groups in total. The molecule has 1 aliphatic heterocycles. The van der Waals surface area contributed by atoms with Gasteiger partial charge in [0.15, 0.2) is 11.5 Å². The molecule has 1 amide bonds. The Hall–Kier alpha value is -2.82. The monoisotopic (exact) mass is 355 g/mol. The Morgan fingerprint density at radius 3 is 2.46 bits per heavy atom. The van der Waals surface area contributed by atoms with Crippen LogP contribution in [0.2, 0.25) is 0 Å². The lowest BCUT2D eigenvalue weighted by Crippen LogP contribution is -2.24. The van der Waals surface area contributed by atoms with Crippen LogP contribution in [0, 0.1) is 11.8 Å². The molecule has 0 saturated heterocycles. The topological polar surface area (TPSA) is 86.6 Å². The lowest BCUT2D eigenvalue weighted by atomic mass is 9.88. The van der Waals surface area contributed by atoms with E-state index in [-0.39, 0.29) is 34.5 Å². The number of phenols is 1. The number of allylic oxidation sites excluding steroid dienone is 2. The molecule has 0 fully saturated rings. The van der Waals surface area contributed by atoms with E-state index >= 15 is 0 Å². The first kappa shape index (κ1) is 19.5. The average Bonchev–Trinajstić information content (AvgIpc) is 2.88. The Bertz CT molecular complexity index is 772. The van der Waals surface area contributed by atoms with Crippen molar-refractivity contribution >= 4 is 17.8 Å². The maximum Gasteiger partial charge on any atom is 0.263 e. The van der Waals surface area contributed by atoms with Crippen molar-refractivity contribution in [2.75, 3.05) is 0 Å². The smallest absolute Gasteiger partial charge is 0.263 e. The normalized spacial score (nSPS) is 18.4. The minimum absolute atomic E-state index is 0.124. The molecular formula is C21H25NO4. The molecule has 0 saturated carbocycles. The SMILES string of the molecule is C/C=C\C[C@H](C)C[C@H](C)C(=O)C1=C(O)/C(=C/c2ccc(O)cc2)NC1=O. The lowest BCUT2D eigenvalue weighted by Gasteiger charge is -2.15. The summed E-state index contributed by atoms with van der Waals surface area (Å²) in [4.78, 5) is 24.9. The Balaban J connectivity index is 2.18. The summed E-state index contributed by atoms with van der Waals surface area (Å²) in [5.41, 5.74) is 0.699. The molecule has 0 unspecified atom stereocenters. The zero-order chi connectivity index (χ0) is 19.3. The molecule has 5 heteroatoms. The van der Waals surface area contributed by atoms with Gasteiger partial charge in [-0.15, -0.1) is 0 Å². The van der Waals surface area contributed by atoms with Gasteiger partial charge in [0.05, 0.1) is 5.70 Å². The number of hydrogen-bond donors (Lipinski definition) is 3. The van der Waals surface area contributed by atoms with Crippen LogP contribution in [0.3, 0.4) is 0 Å². The van der Waals surface area contributed by atoms with E-state index in [2.05, 4.69) is 18.3 Å². The van der Waals surface area contributed by atoms with Crippen LogP contribution < -0.4 is 5.32 Å². The van der Waals surface area contributed by atoms with Crippen LogP contribution in [0.4, 0.5) is 0 Å². The first-order valence-electron chi connectivity index (χ1n) is 8.74. The summed E-state index contributed by atoms with van der Waals surface area (Å²) in [7, 11) is 0. The third-order valence-corrected chi connectivity index (χ3v) is 4.40. The quantitative estimate of drug-likeness (QED) is 0.512. The average molecular weight is 355 g/mol. The number of aliphatic hydroxyl groups excluding tert-OH is 1. The van der Waals surface area contributed by atoms with Gasteiger partial charge in [-0.3, -0.25) is 9.59 Å². The van der Waals surface area contributed by atoms with Gasteiger partial charge in [0, 0.05) is 5.92 Å². The van der Waals surface area contributed by atoms with E-state index in [9.17, 15) is 19.8 Å². The van der Waals surface area contributed by atoms with Gasteiger partial charge in [-0.1, -0.05) is 38.1 Å². The summed E-state index contributed by atoms with van der Waals surface area (Å²) in [6.45, 7) is 5.79. The van der Waals surface area contributed by atoms with Crippen LogP contribution in [0.5, 0.6) is 5.75 Å². The minimum Gasteiger partial charge on any atom is -0.508 e. The number of hydrogen-bond acceptors (Lipinski definition) is 4. The van der Waals surface area contributed by atoms with E-state index in [1.807, 2.05) is 13.0 Å². The van der Waals surface area contributed by atoms with Crippen LogP contribution in [0.15, 0.2) is 53.4 Å². The molecule has 1 aromatic rings. The third kappa shape index (κ3) is 4.63. The van der Waals surface area contributed by atoms with Crippen molar-refractivity contribution in [3.8, 4) is 5.75 Å². The fourth-order valence-electron chi connectivity index (χ4n) is 2.98. The van der Waals surface area contributed by atoms with Crippen molar-refractivity contribution in [1.29, 1.82) is 0 Å². The molecule has 0 aliphatic carbocycles. The number of carbonyl (C=O) groups is 2. The molecule has 5 nitrogen and oxygen atoms in total. The Labute approximate surface area is 153 Å². The molecule has 0 spiro atoms. The van der Waals surface area contributed by atoms with Gasteiger partial charge in [-0.05, 0) is 49.5 Å². The van der Waals surface area contributed by atoms with Crippen LogP contribution in [-0.4, -0.2) is 21.9 Å². The number of nitrogens with one attached hydrogen (secondary N) is 1. The van der Waals surface area contributed by atoms with Gasteiger partial charge in [-0.2, -0.15) is 0 Å². The van der Waals surface area contributed by atoms with Gasteiger partial charge in [-0.25, -0.2) is 0 Å². The Morgan fingerprint density at radius 1 is 1.19 bits per heavy atom. The minimum atomic E-state index is -0.578. The van der Waals surface area contributed by atoms with Gasteiger partial charge < -0.3 is 15.5 Å². The third-order valence-electron chi connectivity index (χ3n) is 4.40. The molecule has 1 aliphatic rings. The molecule has 0 bridgehead atoms. The van der Waals surface area contributed by atoms with E-state index in [0.29, 0.717) is 17.9 Å². The van der Waals surface area contributed by atoms with Crippen LogP contribution >= 0.6 is 0 Å². The summed E-state index contributed by atoms with van der Waals surface area (Å²) in [5.74, 6) is -1.16. The predicted molar refractivity (Wildman–Crippen MR) is 101 cm³/mol. The summed E-state index contributed by atoms with van der Waals surface area (Å²) in [6, 6.07) is 6.30. The highest BCUT2D eigenvalue weighted by atomic mass is 16.3. The van der Waals surface area contributed by atoms with Crippen LogP contribution in [-0.2, 0) is 9.59 Å². The predicted octanol–water partition coefficient (Wildman–Crippen LogP) is 3.87. The number of aromatic hydroxyl groups is 1. The van der Waals surface area contributed by atoms with Gasteiger partial charge >= 0.3 is 0 Å². The van der Waals surface area contributed by atoms with Crippen molar-refractivity contribution < 1.29 is 19.8 Å². The molecule has 0 radical (unpaired) electrons. The van der Waals surface area contributed by atoms with Crippen molar-refractivity contribution in [2.45, 2.75) is 33.6 Å². The highest BCUT2D eigenvalue weighted by Gasteiger charge is 2.34. The standard InChI is InChI=1S/C21H25NO4/c1-4-5-6-13(2)11-14(3)19(24)18-20(25)17(22-21(18)26)12-15-7-9-16(23)10-8-15/h4-5,7-10,12-14,23,25H,6,11H2,1-3H3,(H,22,26)/b5-4-,17-12-/t13-,14-/m0/s1. The molecule has 1 heterocycles. The summed E-state index contributed by atoms with van der Waals surface area (Å²) >= 11 is 0. The molecule has 138 valence electrons. The lowest BCUT2D eigenvalue weighted by molar-refractivity contribution is -0.123. The van der Waals surface area contributed by atoms with E-state index in [4.69, 9.17) is 0 Å². The fraction of sp³-hybridized carbons (Fsp3) is 0.333. The Morgan fingerprint density at radius 2 is 1.85 bits per heavy atom. The number of phenolic OH excluding ortho intramolecular Hbond substituents is 1. The molecule has 0 aromatic heterocycles. The van der Waals surface area contributed by atoms with Crippen molar-refractivity contribution in [3.63, 3.8) is 0 Å². The first-order valence-corrected chi connectivity index (χ1v) is 8.74. The molecule has 2 rings (SSSR count). The molecule has 2 atom stereocenters. The summed E-state index contributed by atoms with van der Waals surface area (Å²) in [6.07, 6.45) is 7.11. The maximum atomic E-state index is 12.7. The Kier molecular flexibility index (Phi) is 6.39. The zero-order valence-corrected chi connectivity index (χ0v) is 15.3. The maximum absolute atomic E-state index is 12.7. The van der Waals surface area contributed by atoms with Crippen molar-refractivity contribution in [2.24, 2.45) is 11.8 Å². The van der Waals surface area contributed by atoms with Crippen molar-refractivity contribution in [1.82, 2.24) is 5.32 Å². The van der Waals surface area contributed by atoms with Crippen molar-refractivity contribution in [3.05, 3.63) is 59.0 Å². The van der Waals surface area contributed by atoms with Gasteiger partial charge in [0.25, 0.3) is 5.91 Å². The second-order valence-electron chi connectivity index (χ2n) is 6.74. The fourth-order valence-corrected chi connectivity index (χ4v) is 2.98. The number of rotatable bonds is 7. The number of aliphatic hydroxyl groups is 1. The van der Waals surface area contributed by atoms with E-state index < -0.39 is 5.91 Å².